The van der Waals surface area contributed by atoms with Crippen LogP contribution in [0.2, 0.25) is 0 Å². The average molecular weight is 354 g/mol. The molecule has 1 aliphatic heterocycles. The SMILES string of the molecule is Cc1cccc2c1-c1c3c(c4c(cc3cc[n+]1C)oc1ccccc14)S2. The number of aromatic nitrogens is 1. The highest BCUT2D eigenvalue weighted by Crippen LogP contribution is 2.51. The lowest BCUT2D eigenvalue weighted by molar-refractivity contribution is -0.659. The van der Waals surface area contributed by atoms with Crippen molar-refractivity contribution in [3.8, 4) is 11.3 Å². The van der Waals surface area contributed by atoms with Crippen LogP contribution < -0.4 is 4.57 Å². The van der Waals surface area contributed by atoms with Crippen molar-refractivity contribution < 1.29 is 8.98 Å². The van der Waals surface area contributed by atoms with E-state index in [0.717, 1.165) is 11.2 Å². The predicted octanol–water partition coefficient (Wildman–Crippen LogP) is 6.00. The van der Waals surface area contributed by atoms with E-state index in [2.05, 4.69) is 73.3 Å². The van der Waals surface area contributed by atoms with Gasteiger partial charge in [-0.1, -0.05) is 42.1 Å². The third-order valence-electron chi connectivity index (χ3n) is 5.40. The number of para-hydroxylation sites is 1. The van der Waals surface area contributed by atoms with Gasteiger partial charge in [-0.25, -0.2) is 4.57 Å². The molecule has 2 aromatic heterocycles. The van der Waals surface area contributed by atoms with Gasteiger partial charge in [-0.15, -0.1) is 0 Å². The Morgan fingerprint density at radius 3 is 2.73 bits per heavy atom. The summed E-state index contributed by atoms with van der Waals surface area (Å²) >= 11 is 1.87. The highest BCUT2D eigenvalue weighted by atomic mass is 32.2. The van der Waals surface area contributed by atoms with Gasteiger partial charge in [-0.3, -0.25) is 0 Å². The number of nitrogens with zero attached hydrogens (tertiary/aromatic N) is 1. The maximum absolute atomic E-state index is 6.19. The molecule has 0 unspecified atom stereocenters. The van der Waals surface area contributed by atoms with Gasteiger partial charge in [0.15, 0.2) is 6.20 Å². The first-order valence-corrected chi connectivity index (χ1v) is 9.58. The van der Waals surface area contributed by atoms with Crippen LogP contribution in [0, 0.1) is 6.92 Å². The van der Waals surface area contributed by atoms with E-state index < -0.39 is 0 Å². The van der Waals surface area contributed by atoms with Gasteiger partial charge in [0.2, 0.25) is 5.69 Å². The van der Waals surface area contributed by atoms with Crippen molar-refractivity contribution in [1.82, 2.24) is 0 Å². The molecular formula is C23H16NOS+. The van der Waals surface area contributed by atoms with Crippen molar-refractivity contribution in [1.29, 1.82) is 0 Å². The molecule has 0 amide bonds. The minimum atomic E-state index is 0.954. The normalized spacial score (nSPS) is 12.8. The van der Waals surface area contributed by atoms with Crippen LogP contribution in [-0.2, 0) is 7.05 Å². The molecule has 0 N–H and O–H groups in total. The summed E-state index contributed by atoms with van der Waals surface area (Å²) in [6.45, 7) is 2.20. The fraction of sp³-hybridized carbons (Fsp3) is 0.0870. The van der Waals surface area contributed by atoms with Crippen LogP contribution >= 0.6 is 11.8 Å². The van der Waals surface area contributed by atoms with Crippen LogP contribution in [0.25, 0.3) is 44.0 Å². The van der Waals surface area contributed by atoms with Crippen molar-refractivity contribution in [2.24, 2.45) is 7.05 Å². The van der Waals surface area contributed by atoms with Gasteiger partial charge in [-0.05, 0) is 36.1 Å². The van der Waals surface area contributed by atoms with Crippen molar-refractivity contribution in [3.63, 3.8) is 0 Å². The first-order valence-electron chi connectivity index (χ1n) is 8.77. The Morgan fingerprint density at radius 2 is 1.81 bits per heavy atom. The van der Waals surface area contributed by atoms with Crippen LogP contribution in [0.1, 0.15) is 5.56 Å². The summed E-state index contributed by atoms with van der Waals surface area (Å²) in [6, 6.07) is 19.3. The monoisotopic (exact) mass is 354 g/mol. The van der Waals surface area contributed by atoms with Gasteiger partial charge in [0.1, 0.15) is 18.2 Å². The quantitative estimate of drug-likeness (QED) is 0.311. The first-order chi connectivity index (χ1) is 12.7. The average Bonchev–Trinajstić information content (AvgIpc) is 3.02. The van der Waals surface area contributed by atoms with Gasteiger partial charge in [0.05, 0.1) is 10.9 Å². The summed E-state index contributed by atoms with van der Waals surface area (Å²) in [6.07, 6.45) is 2.15. The number of furan rings is 1. The lowest BCUT2D eigenvalue weighted by atomic mass is 9.97. The van der Waals surface area contributed by atoms with Crippen LogP contribution in [0.3, 0.4) is 0 Å². The summed E-state index contributed by atoms with van der Waals surface area (Å²) < 4.78 is 8.44. The summed E-state index contributed by atoms with van der Waals surface area (Å²) in [7, 11) is 2.14. The van der Waals surface area contributed by atoms with E-state index in [4.69, 9.17) is 4.42 Å². The molecular weight excluding hydrogens is 338 g/mol. The van der Waals surface area contributed by atoms with E-state index in [1.54, 1.807) is 0 Å². The molecule has 0 atom stereocenters. The van der Waals surface area contributed by atoms with Crippen molar-refractivity contribution in [3.05, 3.63) is 66.4 Å². The molecule has 1 aliphatic rings. The highest BCUT2D eigenvalue weighted by Gasteiger charge is 2.30. The van der Waals surface area contributed by atoms with E-state index in [1.165, 1.54) is 48.2 Å². The lowest BCUT2D eigenvalue weighted by Crippen LogP contribution is -2.31. The summed E-state index contributed by atoms with van der Waals surface area (Å²) in [5, 5.41) is 5.00. The minimum absolute atomic E-state index is 0.954. The second-order valence-corrected chi connectivity index (χ2v) is 8.02. The van der Waals surface area contributed by atoms with Gasteiger partial charge in [0.25, 0.3) is 0 Å². The Hall–Kier alpha value is -2.78. The fourth-order valence-corrected chi connectivity index (χ4v) is 5.59. The number of fused-ring (bicyclic) bond motifs is 6. The maximum Gasteiger partial charge on any atom is 0.222 e. The van der Waals surface area contributed by atoms with Gasteiger partial charge in [0, 0.05) is 26.6 Å². The van der Waals surface area contributed by atoms with Crippen LogP contribution in [-0.4, -0.2) is 0 Å². The number of pyridine rings is 1. The van der Waals surface area contributed by atoms with E-state index in [0.29, 0.717) is 0 Å². The molecule has 0 radical (unpaired) electrons. The van der Waals surface area contributed by atoms with Gasteiger partial charge >= 0.3 is 0 Å². The molecule has 26 heavy (non-hydrogen) atoms. The number of aryl methyl sites for hydroxylation is 2. The third-order valence-corrected chi connectivity index (χ3v) is 6.58. The van der Waals surface area contributed by atoms with Crippen LogP contribution in [0.15, 0.2) is 75.0 Å². The molecule has 0 spiro atoms. The molecule has 124 valence electrons. The zero-order valence-electron chi connectivity index (χ0n) is 14.5. The number of rotatable bonds is 0. The summed E-state index contributed by atoms with van der Waals surface area (Å²) in [5.41, 5.74) is 5.90. The van der Waals surface area contributed by atoms with Crippen LogP contribution in [0.5, 0.6) is 0 Å². The molecule has 0 fully saturated rings. The predicted molar refractivity (Wildman–Crippen MR) is 107 cm³/mol. The number of hydrogen-bond acceptors (Lipinski definition) is 2. The third kappa shape index (κ3) is 1.71. The molecule has 0 saturated heterocycles. The Kier molecular flexibility index (Phi) is 2.71. The summed E-state index contributed by atoms with van der Waals surface area (Å²) in [4.78, 5) is 2.63. The largest absolute Gasteiger partial charge is 0.456 e. The molecule has 2 nitrogen and oxygen atoms in total. The molecule has 6 rings (SSSR count). The molecule has 5 aromatic rings. The lowest BCUT2D eigenvalue weighted by Gasteiger charge is -2.20. The second kappa shape index (κ2) is 4.89. The molecule has 0 saturated carbocycles. The number of benzene rings is 3. The Bertz CT molecular complexity index is 1380. The molecule has 3 heterocycles. The molecule has 0 bridgehead atoms. The molecule has 3 heteroatoms. The Labute approximate surface area is 155 Å². The zero-order chi connectivity index (χ0) is 17.4. The van der Waals surface area contributed by atoms with Crippen molar-refractivity contribution >= 4 is 44.5 Å². The van der Waals surface area contributed by atoms with E-state index in [9.17, 15) is 0 Å². The Balaban J connectivity index is 1.92. The van der Waals surface area contributed by atoms with E-state index in [-0.39, 0.29) is 0 Å². The fourth-order valence-electron chi connectivity index (χ4n) is 4.23. The smallest absolute Gasteiger partial charge is 0.222 e. The first kappa shape index (κ1) is 14.4. The highest BCUT2D eigenvalue weighted by molar-refractivity contribution is 8.00. The van der Waals surface area contributed by atoms with E-state index in [1.807, 2.05) is 17.8 Å². The maximum atomic E-state index is 6.19. The second-order valence-electron chi connectivity index (χ2n) is 6.97. The van der Waals surface area contributed by atoms with Gasteiger partial charge in [-0.2, -0.15) is 0 Å². The standard InChI is InChI=1S/C23H16NOS/c1-13-6-5-9-18-19(13)22-20-14(10-11-24(22)2)12-17-21(23(20)26-18)15-7-3-4-8-16(15)25-17/h3-12H,1-2H3/q+1. The van der Waals surface area contributed by atoms with E-state index >= 15 is 0 Å². The van der Waals surface area contributed by atoms with Crippen molar-refractivity contribution in [2.75, 3.05) is 0 Å². The molecule has 3 aromatic carbocycles. The number of hydrogen-bond donors (Lipinski definition) is 0. The molecule has 0 aliphatic carbocycles. The Morgan fingerprint density at radius 1 is 0.923 bits per heavy atom. The van der Waals surface area contributed by atoms with Crippen LogP contribution in [0.4, 0.5) is 0 Å². The zero-order valence-corrected chi connectivity index (χ0v) is 15.4. The topological polar surface area (TPSA) is 17.0 Å². The minimum Gasteiger partial charge on any atom is -0.456 e. The summed E-state index contributed by atoms with van der Waals surface area (Å²) in [5.74, 6) is 0. The van der Waals surface area contributed by atoms with Crippen molar-refractivity contribution in [2.45, 2.75) is 16.7 Å². The van der Waals surface area contributed by atoms with Gasteiger partial charge < -0.3 is 4.42 Å².